The Kier molecular flexibility index (Phi) is 4.47. The van der Waals surface area contributed by atoms with E-state index in [0.29, 0.717) is 29.5 Å². The van der Waals surface area contributed by atoms with E-state index in [-0.39, 0.29) is 17.6 Å². The number of rotatable bonds is 3. The number of nitrogens with zero attached hydrogens (tertiary/aromatic N) is 3. The van der Waals surface area contributed by atoms with Crippen LogP contribution in [0.25, 0.3) is 5.69 Å². The van der Waals surface area contributed by atoms with Crippen LogP contribution in [0.1, 0.15) is 28.4 Å². The number of hydrogen-bond donors (Lipinski definition) is 0. The summed E-state index contributed by atoms with van der Waals surface area (Å²) in [6.45, 7) is 1.33. The number of benzene rings is 2. The standard InChI is InChI=1S/C20H17ClFN3O/c21-16-3-1-2-14(10-16)15-8-9-24(12-15)20(26)19-11-23-13-25(19)18-6-4-17(22)5-7-18/h1-7,10-11,13,15H,8-9,12H2. The normalized spacial score (nSPS) is 16.8. The molecular formula is C20H17ClFN3O. The molecule has 4 nitrogen and oxygen atoms in total. The molecule has 0 N–H and O–H groups in total. The second kappa shape index (κ2) is 6.92. The molecule has 1 saturated heterocycles. The Morgan fingerprint density at radius 1 is 1.19 bits per heavy atom. The summed E-state index contributed by atoms with van der Waals surface area (Å²) in [6.07, 6.45) is 4.03. The van der Waals surface area contributed by atoms with E-state index < -0.39 is 0 Å². The number of imidazole rings is 1. The summed E-state index contributed by atoms with van der Waals surface area (Å²) in [5.74, 6) is -0.109. The molecule has 132 valence electrons. The molecule has 2 heterocycles. The first-order valence-electron chi connectivity index (χ1n) is 8.45. The Bertz CT molecular complexity index is 938. The third-order valence-corrected chi connectivity index (χ3v) is 4.99. The van der Waals surface area contributed by atoms with E-state index in [1.54, 1.807) is 29.2 Å². The van der Waals surface area contributed by atoms with Crippen LogP contribution < -0.4 is 0 Å². The largest absolute Gasteiger partial charge is 0.337 e. The molecule has 0 bridgehead atoms. The SMILES string of the molecule is O=C(c1cncn1-c1ccc(F)cc1)N1CCC(c2cccc(Cl)c2)C1. The van der Waals surface area contributed by atoms with Gasteiger partial charge in [0.2, 0.25) is 0 Å². The van der Waals surface area contributed by atoms with Gasteiger partial charge < -0.3 is 4.90 Å². The lowest BCUT2D eigenvalue weighted by Crippen LogP contribution is -2.30. The summed E-state index contributed by atoms with van der Waals surface area (Å²) in [6, 6.07) is 13.8. The lowest BCUT2D eigenvalue weighted by molar-refractivity contribution is 0.0783. The zero-order chi connectivity index (χ0) is 18.1. The highest BCUT2D eigenvalue weighted by atomic mass is 35.5. The Morgan fingerprint density at radius 2 is 2.00 bits per heavy atom. The minimum Gasteiger partial charge on any atom is -0.337 e. The van der Waals surface area contributed by atoms with E-state index in [1.807, 2.05) is 29.2 Å². The summed E-state index contributed by atoms with van der Waals surface area (Å²) >= 11 is 6.08. The van der Waals surface area contributed by atoms with Crippen molar-refractivity contribution < 1.29 is 9.18 Å². The number of hydrogen-bond acceptors (Lipinski definition) is 2. The van der Waals surface area contributed by atoms with Crippen LogP contribution in [-0.2, 0) is 0 Å². The van der Waals surface area contributed by atoms with Gasteiger partial charge in [0.05, 0.1) is 12.5 Å². The molecule has 1 aliphatic heterocycles. The predicted molar refractivity (Wildman–Crippen MR) is 98.2 cm³/mol. The van der Waals surface area contributed by atoms with E-state index >= 15 is 0 Å². The maximum atomic E-state index is 13.2. The van der Waals surface area contributed by atoms with E-state index in [0.717, 1.165) is 12.0 Å². The molecule has 1 atom stereocenters. The van der Waals surface area contributed by atoms with E-state index in [9.17, 15) is 9.18 Å². The zero-order valence-corrected chi connectivity index (χ0v) is 14.7. The molecule has 2 aromatic carbocycles. The number of halogens is 2. The second-order valence-electron chi connectivity index (χ2n) is 6.42. The molecule has 0 spiro atoms. The van der Waals surface area contributed by atoms with Crippen molar-refractivity contribution in [3.05, 3.63) is 83.2 Å². The Hall–Kier alpha value is -2.66. The zero-order valence-electron chi connectivity index (χ0n) is 14.0. The average molecular weight is 370 g/mol. The number of carbonyl (C=O) groups is 1. The molecule has 3 aromatic rings. The smallest absolute Gasteiger partial charge is 0.272 e. The summed E-state index contributed by atoms with van der Waals surface area (Å²) in [7, 11) is 0. The Morgan fingerprint density at radius 3 is 2.77 bits per heavy atom. The third-order valence-electron chi connectivity index (χ3n) is 4.76. The van der Waals surface area contributed by atoms with Crippen LogP contribution >= 0.6 is 11.6 Å². The van der Waals surface area contributed by atoms with E-state index in [2.05, 4.69) is 4.98 Å². The van der Waals surface area contributed by atoms with Gasteiger partial charge in [-0.1, -0.05) is 23.7 Å². The second-order valence-corrected chi connectivity index (χ2v) is 6.85. The fourth-order valence-corrected chi connectivity index (χ4v) is 3.60. The van der Waals surface area contributed by atoms with Crippen LogP contribution in [0.5, 0.6) is 0 Å². The molecule has 1 amide bonds. The molecule has 0 aliphatic carbocycles. The third kappa shape index (κ3) is 3.22. The monoisotopic (exact) mass is 369 g/mol. The van der Waals surface area contributed by atoms with Gasteiger partial charge in [-0.25, -0.2) is 9.37 Å². The highest BCUT2D eigenvalue weighted by Gasteiger charge is 2.29. The first-order chi connectivity index (χ1) is 12.6. The van der Waals surface area contributed by atoms with Crippen molar-refractivity contribution >= 4 is 17.5 Å². The fraction of sp³-hybridized carbons (Fsp3) is 0.200. The van der Waals surface area contributed by atoms with Crippen molar-refractivity contribution in [3.8, 4) is 5.69 Å². The average Bonchev–Trinajstić information content (AvgIpc) is 3.32. The maximum absolute atomic E-state index is 13.2. The quantitative estimate of drug-likeness (QED) is 0.690. The first-order valence-corrected chi connectivity index (χ1v) is 8.82. The van der Waals surface area contributed by atoms with Gasteiger partial charge in [-0.3, -0.25) is 9.36 Å². The molecule has 1 fully saturated rings. The highest BCUT2D eigenvalue weighted by Crippen LogP contribution is 2.29. The molecule has 6 heteroatoms. The van der Waals surface area contributed by atoms with Gasteiger partial charge in [0.25, 0.3) is 5.91 Å². The number of aromatic nitrogens is 2. The molecule has 0 radical (unpaired) electrons. The van der Waals surface area contributed by atoms with Gasteiger partial charge in [0.15, 0.2) is 0 Å². The lowest BCUT2D eigenvalue weighted by atomic mass is 9.99. The highest BCUT2D eigenvalue weighted by molar-refractivity contribution is 6.30. The minimum atomic E-state index is -0.314. The van der Waals surface area contributed by atoms with Gasteiger partial charge in [-0.05, 0) is 48.4 Å². The molecular weight excluding hydrogens is 353 g/mol. The van der Waals surface area contributed by atoms with Crippen molar-refractivity contribution in [3.63, 3.8) is 0 Å². The van der Waals surface area contributed by atoms with Crippen LogP contribution in [0.15, 0.2) is 61.1 Å². The Balaban J connectivity index is 1.54. The van der Waals surface area contributed by atoms with Crippen molar-refractivity contribution in [1.29, 1.82) is 0 Å². The van der Waals surface area contributed by atoms with Crippen LogP contribution in [0.2, 0.25) is 5.02 Å². The van der Waals surface area contributed by atoms with Crippen LogP contribution in [0.3, 0.4) is 0 Å². The molecule has 1 aliphatic rings. The van der Waals surface area contributed by atoms with Gasteiger partial charge >= 0.3 is 0 Å². The van der Waals surface area contributed by atoms with Crippen molar-refractivity contribution in [2.75, 3.05) is 13.1 Å². The molecule has 1 aromatic heterocycles. The molecule has 0 saturated carbocycles. The maximum Gasteiger partial charge on any atom is 0.272 e. The summed E-state index contributed by atoms with van der Waals surface area (Å²) in [5.41, 5.74) is 2.33. The molecule has 4 rings (SSSR count). The van der Waals surface area contributed by atoms with Crippen molar-refractivity contribution in [1.82, 2.24) is 14.5 Å². The molecule has 1 unspecified atom stereocenters. The summed E-state index contributed by atoms with van der Waals surface area (Å²) in [5, 5.41) is 0.710. The van der Waals surface area contributed by atoms with Crippen LogP contribution in [0.4, 0.5) is 4.39 Å². The number of carbonyl (C=O) groups excluding carboxylic acids is 1. The lowest BCUT2D eigenvalue weighted by Gasteiger charge is -2.18. The topological polar surface area (TPSA) is 38.1 Å². The first kappa shape index (κ1) is 16.8. The minimum absolute atomic E-state index is 0.0728. The molecule has 26 heavy (non-hydrogen) atoms. The van der Waals surface area contributed by atoms with E-state index in [1.165, 1.54) is 12.1 Å². The van der Waals surface area contributed by atoms with Crippen molar-refractivity contribution in [2.24, 2.45) is 0 Å². The summed E-state index contributed by atoms with van der Waals surface area (Å²) in [4.78, 5) is 18.9. The number of likely N-dealkylation sites (tertiary alicyclic amines) is 1. The van der Waals surface area contributed by atoms with Gasteiger partial charge in [0, 0.05) is 29.7 Å². The fourth-order valence-electron chi connectivity index (χ4n) is 3.40. The van der Waals surface area contributed by atoms with Gasteiger partial charge in [-0.15, -0.1) is 0 Å². The summed E-state index contributed by atoms with van der Waals surface area (Å²) < 4.78 is 14.8. The van der Waals surface area contributed by atoms with Crippen molar-refractivity contribution in [2.45, 2.75) is 12.3 Å². The Labute approximate surface area is 155 Å². The van der Waals surface area contributed by atoms with Gasteiger partial charge in [0.1, 0.15) is 11.5 Å². The predicted octanol–water partition coefficient (Wildman–Crippen LogP) is 4.29. The van der Waals surface area contributed by atoms with Crippen LogP contribution in [-0.4, -0.2) is 33.4 Å². The van der Waals surface area contributed by atoms with Gasteiger partial charge in [-0.2, -0.15) is 0 Å². The van der Waals surface area contributed by atoms with E-state index in [4.69, 9.17) is 11.6 Å². The number of amides is 1. The van der Waals surface area contributed by atoms with Crippen LogP contribution in [0, 0.1) is 5.82 Å².